The van der Waals surface area contributed by atoms with E-state index in [9.17, 15) is 16.8 Å². The van der Waals surface area contributed by atoms with Crippen molar-refractivity contribution in [3.8, 4) is 0 Å². The first-order chi connectivity index (χ1) is 12.0. The van der Waals surface area contributed by atoms with Crippen molar-refractivity contribution in [2.75, 3.05) is 17.2 Å². The second-order valence-electron chi connectivity index (χ2n) is 5.90. The third kappa shape index (κ3) is 4.19. The zero-order chi connectivity index (χ0) is 19.1. The SMILES string of the molecule is CS(=O)(=O)Nc1cccc(C2=NN(S(C)(=O)=O)[C@H](c3ccc(Cl)o3)C2)c1. The molecule has 0 saturated heterocycles. The lowest BCUT2D eigenvalue weighted by molar-refractivity contribution is 0.322. The van der Waals surface area contributed by atoms with Crippen LogP contribution in [0.1, 0.15) is 23.8 Å². The first-order valence-electron chi connectivity index (χ1n) is 7.43. The number of anilines is 1. The zero-order valence-electron chi connectivity index (χ0n) is 13.9. The molecule has 1 aromatic heterocycles. The highest BCUT2D eigenvalue weighted by atomic mass is 35.5. The molecule has 0 radical (unpaired) electrons. The Kier molecular flexibility index (Phi) is 4.76. The van der Waals surface area contributed by atoms with Gasteiger partial charge in [0.05, 0.1) is 18.2 Å². The second-order valence-corrected chi connectivity index (χ2v) is 9.86. The molecule has 140 valence electrons. The van der Waals surface area contributed by atoms with E-state index in [1.165, 1.54) is 6.07 Å². The minimum absolute atomic E-state index is 0.154. The van der Waals surface area contributed by atoms with Gasteiger partial charge in [-0.3, -0.25) is 4.72 Å². The maximum atomic E-state index is 12.1. The molecule has 1 aliphatic heterocycles. The molecule has 1 aliphatic rings. The number of hydrazone groups is 1. The van der Waals surface area contributed by atoms with Crippen LogP contribution in [-0.4, -0.2) is 39.5 Å². The number of sulfonamides is 2. The van der Waals surface area contributed by atoms with E-state index in [0.717, 1.165) is 16.9 Å². The van der Waals surface area contributed by atoms with Crippen molar-refractivity contribution >= 4 is 43.0 Å². The third-order valence-corrected chi connectivity index (χ3v) is 5.46. The molecule has 8 nitrogen and oxygen atoms in total. The molecule has 0 fully saturated rings. The molecule has 1 N–H and O–H groups in total. The van der Waals surface area contributed by atoms with Gasteiger partial charge in [0.25, 0.3) is 0 Å². The van der Waals surface area contributed by atoms with E-state index in [1.807, 2.05) is 0 Å². The Bertz CT molecular complexity index is 1080. The van der Waals surface area contributed by atoms with Crippen molar-refractivity contribution < 1.29 is 21.3 Å². The summed E-state index contributed by atoms with van der Waals surface area (Å²) in [5.41, 5.74) is 1.46. The molecule has 2 aromatic rings. The average molecular weight is 418 g/mol. The summed E-state index contributed by atoms with van der Waals surface area (Å²) in [5.74, 6) is 0.379. The highest BCUT2D eigenvalue weighted by molar-refractivity contribution is 7.92. The van der Waals surface area contributed by atoms with Crippen molar-refractivity contribution in [3.63, 3.8) is 0 Å². The van der Waals surface area contributed by atoms with Gasteiger partial charge in [-0.15, -0.1) is 0 Å². The van der Waals surface area contributed by atoms with E-state index < -0.39 is 26.1 Å². The molecular weight excluding hydrogens is 402 g/mol. The highest BCUT2D eigenvalue weighted by Gasteiger charge is 2.36. The van der Waals surface area contributed by atoms with Gasteiger partial charge in [0.15, 0.2) is 5.22 Å². The first-order valence-corrected chi connectivity index (χ1v) is 11.5. The van der Waals surface area contributed by atoms with E-state index in [4.69, 9.17) is 16.0 Å². The third-order valence-electron chi connectivity index (χ3n) is 3.63. The van der Waals surface area contributed by atoms with Crippen LogP contribution in [0.5, 0.6) is 0 Å². The lowest BCUT2D eigenvalue weighted by Crippen LogP contribution is -2.25. The van der Waals surface area contributed by atoms with Crippen molar-refractivity contribution in [2.24, 2.45) is 5.10 Å². The Balaban J connectivity index is 1.97. The van der Waals surface area contributed by atoms with E-state index in [1.54, 1.807) is 30.3 Å². The molecule has 11 heteroatoms. The van der Waals surface area contributed by atoms with Crippen LogP contribution >= 0.6 is 11.6 Å². The van der Waals surface area contributed by atoms with Crippen LogP contribution in [-0.2, 0) is 20.0 Å². The second kappa shape index (κ2) is 6.60. The zero-order valence-corrected chi connectivity index (χ0v) is 16.3. The summed E-state index contributed by atoms with van der Waals surface area (Å²) in [6, 6.07) is 9.06. The van der Waals surface area contributed by atoms with Crippen LogP contribution in [0.15, 0.2) is 45.9 Å². The molecule has 26 heavy (non-hydrogen) atoms. The topological polar surface area (TPSA) is 109 Å². The molecule has 1 atom stereocenters. The van der Waals surface area contributed by atoms with Crippen molar-refractivity contribution in [1.29, 1.82) is 0 Å². The number of halogens is 1. The van der Waals surface area contributed by atoms with Gasteiger partial charge >= 0.3 is 0 Å². The first kappa shape index (κ1) is 18.7. The minimum atomic E-state index is -3.64. The number of nitrogens with one attached hydrogen (secondary N) is 1. The summed E-state index contributed by atoms with van der Waals surface area (Å²) >= 11 is 5.80. The molecule has 3 rings (SSSR count). The molecule has 1 aromatic carbocycles. The van der Waals surface area contributed by atoms with Crippen LogP contribution in [0.25, 0.3) is 0 Å². The molecule has 2 heterocycles. The summed E-state index contributed by atoms with van der Waals surface area (Å²) in [5, 5.41) is 4.37. The number of nitrogens with zero attached hydrogens (tertiary/aromatic N) is 2. The Hall–Kier alpha value is -2.04. The Morgan fingerprint density at radius 1 is 1.19 bits per heavy atom. The highest BCUT2D eigenvalue weighted by Crippen LogP contribution is 2.36. The van der Waals surface area contributed by atoms with Gasteiger partial charge in [-0.2, -0.15) is 9.52 Å². The van der Waals surface area contributed by atoms with E-state index in [2.05, 4.69) is 9.82 Å². The molecule has 0 aliphatic carbocycles. The van der Waals surface area contributed by atoms with E-state index in [0.29, 0.717) is 22.7 Å². The molecule has 0 unspecified atom stereocenters. The monoisotopic (exact) mass is 417 g/mol. The maximum absolute atomic E-state index is 12.1. The van der Waals surface area contributed by atoms with E-state index in [-0.39, 0.29) is 11.6 Å². The number of furan rings is 1. The molecule has 0 saturated carbocycles. The van der Waals surface area contributed by atoms with Crippen molar-refractivity contribution in [1.82, 2.24) is 4.41 Å². The molecule has 0 bridgehead atoms. The lowest BCUT2D eigenvalue weighted by atomic mass is 10.0. The molecule has 0 amide bonds. The van der Waals surface area contributed by atoms with Crippen molar-refractivity contribution in [3.05, 3.63) is 52.9 Å². The number of rotatable bonds is 5. The predicted molar refractivity (Wildman–Crippen MR) is 99.2 cm³/mol. The Labute approximate surface area is 156 Å². The fraction of sp³-hybridized carbons (Fsp3) is 0.267. The van der Waals surface area contributed by atoms with Gasteiger partial charge in [0.1, 0.15) is 11.8 Å². The van der Waals surface area contributed by atoms with Crippen LogP contribution < -0.4 is 4.72 Å². The summed E-state index contributed by atoms with van der Waals surface area (Å²) in [4.78, 5) is 0. The predicted octanol–water partition coefficient (Wildman–Crippen LogP) is 2.42. The molecular formula is C15H16ClN3O5S2. The summed E-state index contributed by atoms with van der Waals surface area (Å²) in [6.45, 7) is 0. The van der Waals surface area contributed by atoms with Crippen LogP contribution in [0.4, 0.5) is 5.69 Å². The minimum Gasteiger partial charge on any atom is -0.447 e. The fourth-order valence-corrected chi connectivity index (χ4v) is 4.26. The van der Waals surface area contributed by atoms with Crippen LogP contribution in [0.3, 0.4) is 0 Å². The standard InChI is InChI=1S/C15H16ClN3O5S2/c1-25(20,21)18-11-5-3-4-10(8-11)12-9-13(14-6-7-15(16)24-14)19(17-12)26(2,22)23/h3-8,13,18H,9H2,1-2H3/t13-/m0/s1. The maximum Gasteiger partial charge on any atom is 0.247 e. The summed E-state index contributed by atoms with van der Waals surface area (Å²) in [6.07, 6.45) is 2.37. The summed E-state index contributed by atoms with van der Waals surface area (Å²) < 4.78 is 55.7. The normalized spacial score (nSPS) is 18.0. The Morgan fingerprint density at radius 3 is 2.50 bits per heavy atom. The number of hydrogen-bond acceptors (Lipinski definition) is 6. The van der Waals surface area contributed by atoms with Gasteiger partial charge in [-0.25, -0.2) is 16.8 Å². The fourth-order valence-electron chi connectivity index (χ4n) is 2.66. The van der Waals surface area contributed by atoms with Gasteiger partial charge in [0, 0.05) is 12.1 Å². The van der Waals surface area contributed by atoms with Gasteiger partial charge in [-0.05, 0) is 41.4 Å². The van der Waals surface area contributed by atoms with Gasteiger partial charge in [0.2, 0.25) is 20.0 Å². The summed E-state index contributed by atoms with van der Waals surface area (Å²) in [7, 11) is -7.07. The van der Waals surface area contributed by atoms with E-state index >= 15 is 0 Å². The van der Waals surface area contributed by atoms with Crippen molar-refractivity contribution in [2.45, 2.75) is 12.5 Å². The largest absolute Gasteiger partial charge is 0.447 e. The van der Waals surface area contributed by atoms with Crippen LogP contribution in [0, 0.1) is 0 Å². The molecule has 0 spiro atoms. The van der Waals surface area contributed by atoms with Crippen LogP contribution in [0.2, 0.25) is 5.22 Å². The lowest BCUT2D eigenvalue weighted by Gasteiger charge is -2.18. The van der Waals surface area contributed by atoms with Gasteiger partial charge < -0.3 is 4.42 Å². The Morgan fingerprint density at radius 2 is 1.92 bits per heavy atom. The number of hydrogen-bond donors (Lipinski definition) is 1. The van der Waals surface area contributed by atoms with Gasteiger partial charge in [-0.1, -0.05) is 12.1 Å². The average Bonchev–Trinajstić information content (AvgIpc) is 3.11. The number of benzene rings is 1. The quantitative estimate of drug-likeness (QED) is 0.803. The smallest absolute Gasteiger partial charge is 0.247 e.